The summed E-state index contributed by atoms with van der Waals surface area (Å²) in [5.74, 6) is 1.93. The molecule has 0 aliphatic carbocycles. The average molecular weight is 382 g/mol. The van der Waals surface area contributed by atoms with Crippen molar-refractivity contribution < 1.29 is 23.8 Å². The van der Waals surface area contributed by atoms with Gasteiger partial charge in [0.2, 0.25) is 5.91 Å². The number of fused-ring (bicyclic) bond motifs is 2. The first-order valence-electron chi connectivity index (χ1n) is 9.26. The molecule has 0 unspecified atom stereocenters. The molecule has 2 aromatic rings. The van der Waals surface area contributed by atoms with Crippen LogP contribution >= 0.6 is 0 Å². The molecular formula is C21H22N2O5. The zero-order valence-corrected chi connectivity index (χ0v) is 15.7. The molecule has 0 spiro atoms. The summed E-state index contributed by atoms with van der Waals surface area (Å²) in [7, 11) is 1.76. The number of para-hydroxylation sites is 2. The number of anilines is 1. The van der Waals surface area contributed by atoms with Gasteiger partial charge in [-0.15, -0.1) is 0 Å². The van der Waals surface area contributed by atoms with E-state index in [9.17, 15) is 9.59 Å². The number of benzene rings is 2. The Hall–Kier alpha value is -3.22. The van der Waals surface area contributed by atoms with E-state index < -0.39 is 0 Å². The van der Waals surface area contributed by atoms with Crippen LogP contribution in [0.3, 0.4) is 0 Å². The first kappa shape index (κ1) is 18.2. The molecule has 0 saturated heterocycles. The third kappa shape index (κ3) is 3.74. The third-order valence-corrected chi connectivity index (χ3v) is 4.81. The molecule has 2 aromatic carbocycles. The molecule has 2 amide bonds. The molecule has 0 aromatic heterocycles. The number of hydrogen-bond acceptors (Lipinski definition) is 5. The van der Waals surface area contributed by atoms with Crippen LogP contribution in [-0.4, -0.2) is 50.1 Å². The summed E-state index contributed by atoms with van der Waals surface area (Å²) in [6, 6.07) is 13.1. The zero-order valence-electron chi connectivity index (χ0n) is 15.7. The molecule has 0 atom stereocenters. The van der Waals surface area contributed by atoms with Gasteiger partial charge in [0.25, 0.3) is 5.91 Å². The molecule has 2 heterocycles. The SMILES string of the molecule is CN(Cc1ccc2c(c1)OCCO2)C(=O)CCN1C(=O)COc2ccccc21. The predicted molar refractivity (Wildman–Crippen MR) is 103 cm³/mol. The lowest BCUT2D eigenvalue weighted by atomic mass is 10.1. The van der Waals surface area contributed by atoms with Gasteiger partial charge in [-0.3, -0.25) is 9.59 Å². The molecule has 2 aliphatic rings. The number of ether oxygens (including phenoxy) is 3. The van der Waals surface area contributed by atoms with Crippen molar-refractivity contribution in [3.8, 4) is 17.2 Å². The number of nitrogens with zero attached hydrogens (tertiary/aromatic N) is 2. The summed E-state index contributed by atoms with van der Waals surface area (Å²) in [5, 5.41) is 0. The minimum atomic E-state index is -0.138. The van der Waals surface area contributed by atoms with Gasteiger partial charge in [0.1, 0.15) is 19.0 Å². The lowest BCUT2D eigenvalue weighted by Gasteiger charge is -2.29. The van der Waals surface area contributed by atoms with Crippen molar-refractivity contribution in [2.75, 3.05) is 38.3 Å². The second kappa shape index (κ2) is 7.80. The predicted octanol–water partition coefficient (Wildman–Crippen LogP) is 2.23. The Morgan fingerprint density at radius 1 is 1.04 bits per heavy atom. The van der Waals surface area contributed by atoms with E-state index in [0.717, 1.165) is 11.3 Å². The van der Waals surface area contributed by atoms with Crippen LogP contribution in [0.1, 0.15) is 12.0 Å². The summed E-state index contributed by atoms with van der Waals surface area (Å²) < 4.78 is 16.6. The minimum absolute atomic E-state index is 0.00175. The molecule has 146 valence electrons. The highest BCUT2D eigenvalue weighted by Crippen LogP contribution is 2.32. The van der Waals surface area contributed by atoms with Gasteiger partial charge in [-0.1, -0.05) is 18.2 Å². The van der Waals surface area contributed by atoms with Crippen LogP contribution < -0.4 is 19.1 Å². The Morgan fingerprint density at radius 2 is 1.82 bits per heavy atom. The van der Waals surface area contributed by atoms with Gasteiger partial charge in [-0.2, -0.15) is 0 Å². The van der Waals surface area contributed by atoms with Crippen LogP contribution in [0.25, 0.3) is 0 Å². The standard InChI is InChI=1S/C21H22N2O5/c1-22(13-15-6-7-18-19(12-15)27-11-10-26-18)20(24)8-9-23-16-4-2-3-5-17(16)28-14-21(23)25/h2-7,12H,8-11,13-14H2,1H3. The summed E-state index contributed by atoms with van der Waals surface area (Å²) in [6.07, 6.45) is 0.237. The smallest absolute Gasteiger partial charge is 0.265 e. The van der Waals surface area contributed by atoms with Crippen molar-refractivity contribution in [2.45, 2.75) is 13.0 Å². The zero-order chi connectivity index (χ0) is 19.5. The van der Waals surface area contributed by atoms with E-state index in [0.29, 0.717) is 43.5 Å². The second-order valence-corrected chi connectivity index (χ2v) is 6.78. The Morgan fingerprint density at radius 3 is 2.68 bits per heavy atom. The highest BCUT2D eigenvalue weighted by Gasteiger charge is 2.26. The van der Waals surface area contributed by atoms with Gasteiger partial charge in [0, 0.05) is 26.6 Å². The molecule has 4 rings (SSSR count). The number of rotatable bonds is 5. The molecule has 0 saturated carbocycles. The highest BCUT2D eigenvalue weighted by atomic mass is 16.6. The van der Waals surface area contributed by atoms with E-state index >= 15 is 0 Å². The molecule has 0 fully saturated rings. The molecule has 0 bridgehead atoms. The van der Waals surface area contributed by atoms with Gasteiger partial charge in [-0.25, -0.2) is 0 Å². The maximum Gasteiger partial charge on any atom is 0.265 e. The van der Waals surface area contributed by atoms with E-state index in [4.69, 9.17) is 14.2 Å². The van der Waals surface area contributed by atoms with Crippen LogP contribution in [0, 0.1) is 0 Å². The fourth-order valence-corrected chi connectivity index (χ4v) is 3.35. The van der Waals surface area contributed by atoms with Crippen molar-refractivity contribution in [1.82, 2.24) is 4.90 Å². The lowest BCUT2D eigenvalue weighted by molar-refractivity contribution is -0.130. The number of carbonyl (C=O) groups excluding carboxylic acids is 2. The van der Waals surface area contributed by atoms with Gasteiger partial charge >= 0.3 is 0 Å². The fourth-order valence-electron chi connectivity index (χ4n) is 3.35. The molecule has 7 nitrogen and oxygen atoms in total. The average Bonchev–Trinajstić information content (AvgIpc) is 2.72. The molecular weight excluding hydrogens is 360 g/mol. The lowest BCUT2D eigenvalue weighted by Crippen LogP contribution is -2.41. The topological polar surface area (TPSA) is 68.3 Å². The maximum absolute atomic E-state index is 12.6. The van der Waals surface area contributed by atoms with Gasteiger partial charge in [0.05, 0.1) is 5.69 Å². The molecule has 0 radical (unpaired) electrons. The fraction of sp³-hybridized carbons (Fsp3) is 0.333. The molecule has 28 heavy (non-hydrogen) atoms. The van der Waals surface area contributed by atoms with Crippen molar-refractivity contribution in [3.63, 3.8) is 0 Å². The number of amides is 2. The number of carbonyl (C=O) groups is 2. The quantitative estimate of drug-likeness (QED) is 0.793. The third-order valence-electron chi connectivity index (χ3n) is 4.81. The van der Waals surface area contributed by atoms with Crippen LogP contribution in [0.4, 0.5) is 5.69 Å². The summed E-state index contributed by atoms with van der Waals surface area (Å²) in [4.78, 5) is 28.1. The van der Waals surface area contributed by atoms with Crippen molar-refractivity contribution in [2.24, 2.45) is 0 Å². The molecule has 7 heteroatoms. The monoisotopic (exact) mass is 382 g/mol. The van der Waals surface area contributed by atoms with Crippen LogP contribution in [0.5, 0.6) is 17.2 Å². The first-order chi connectivity index (χ1) is 13.6. The van der Waals surface area contributed by atoms with E-state index in [1.165, 1.54) is 0 Å². The second-order valence-electron chi connectivity index (χ2n) is 6.78. The van der Waals surface area contributed by atoms with Crippen molar-refractivity contribution in [1.29, 1.82) is 0 Å². The summed E-state index contributed by atoms with van der Waals surface area (Å²) in [6.45, 7) is 1.86. The van der Waals surface area contributed by atoms with Crippen LogP contribution in [0.2, 0.25) is 0 Å². The van der Waals surface area contributed by atoms with Crippen LogP contribution in [-0.2, 0) is 16.1 Å². The van der Waals surface area contributed by atoms with Gasteiger partial charge in [-0.05, 0) is 29.8 Å². The maximum atomic E-state index is 12.6. The minimum Gasteiger partial charge on any atom is -0.486 e. The first-order valence-corrected chi connectivity index (χ1v) is 9.26. The summed E-state index contributed by atoms with van der Waals surface area (Å²) >= 11 is 0. The Balaban J connectivity index is 1.37. The van der Waals surface area contributed by atoms with E-state index in [-0.39, 0.29) is 24.8 Å². The number of hydrogen-bond donors (Lipinski definition) is 0. The molecule has 0 N–H and O–H groups in total. The normalized spacial score (nSPS) is 14.9. The van der Waals surface area contributed by atoms with E-state index in [1.54, 1.807) is 16.8 Å². The Labute approximate surface area is 163 Å². The van der Waals surface area contributed by atoms with Gasteiger partial charge < -0.3 is 24.0 Å². The Bertz CT molecular complexity index is 898. The summed E-state index contributed by atoms with van der Waals surface area (Å²) in [5.41, 5.74) is 1.67. The van der Waals surface area contributed by atoms with E-state index in [2.05, 4.69) is 0 Å². The van der Waals surface area contributed by atoms with Gasteiger partial charge in [0.15, 0.2) is 18.1 Å². The van der Waals surface area contributed by atoms with E-state index in [1.807, 2.05) is 42.5 Å². The largest absolute Gasteiger partial charge is 0.486 e. The van der Waals surface area contributed by atoms with Crippen molar-refractivity contribution in [3.05, 3.63) is 48.0 Å². The highest BCUT2D eigenvalue weighted by molar-refractivity contribution is 5.98. The van der Waals surface area contributed by atoms with Crippen molar-refractivity contribution >= 4 is 17.5 Å². The van der Waals surface area contributed by atoms with Crippen LogP contribution in [0.15, 0.2) is 42.5 Å². The molecule has 2 aliphatic heterocycles. The Kier molecular flexibility index (Phi) is 5.06.